The first-order valence-electron chi connectivity index (χ1n) is 5.16. The van der Waals surface area contributed by atoms with Crippen molar-refractivity contribution in [3.63, 3.8) is 0 Å². The molecule has 0 aromatic rings. The van der Waals surface area contributed by atoms with E-state index >= 15 is 0 Å². The SMILES string of the molecule is CC(C)(C)CC(=O)N1CCC(C)(F)C1. The number of hydrogen-bond donors (Lipinski definition) is 0. The average Bonchev–Trinajstić information content (AvgIpc) is 2.26. The van der Waals surface area contributed by atoms with Gasteiger partial charge in [0.05, 0.1) is 6.54 Å². The molecule has 1 saturated heterocycles. The highest BCUT2D eigenvalue weighted by atomic mass is 19.1. The second-order valence-corrected chi connectivity index (χ2v) is 5.72. The van der Waals surface area contributed by atoms with Crippen molar-refractivity contribution in [2.75, 3.05) is 13.1 Å². The maximum absolute atomic E-state index is 13.5. The fraction of sp³-hybridized carbons (Fsp3) is 0.909. The van der Waals surface area contributed by atoms with Crippen LogP contribution >= 0.6 is 0 Å². The molecule has 0 aliphatic carbocycles. The van der Waals surface area contributed by atoms with Crippen molar-refractivity contribution in [3.05, 3.63) is 0 Å². The van der Waals surface area contributed by atoms with Crippen LogP contribution in [0.3, 0.4) is 0 Å². The molecule has 0 N–H and O–H groups in total. The lowest BCUT2D eigenvalue weighted by molar-refractivity contribution is -0.132. The highest BCUT2D eigenvalue weighted by Gasteiger charge is 2.36. The van der Waals surface area contributed by atoms with E-state index in [0.717, 1.165) is 0 Å². The second kappa shape index (κ2) is 3.52. The van der Waals surface area contributed by atoms with Crippen LogP contribution in [0.1, 0.15) is 40.5 Å². The van der Waals surface area contributed by atoms with E-state index in [0.29, 0.717) is 19.4 Å². The number of rotatable bonds is 1. The third-order valence-corrected chi connectivity index (χ3v) is 2.46. The molecule has 3 heteroatoms. The summed E-state index contributed by atoms with van der Waals surface area (Å²) in [5.74, 6) is 0.0823. The molecule has 1 atom stereocenters. The molecular weight excluding hydrogens is 181 g/mol. The zero-order valence-electron chi connectivity index (χ0n) is 9.56. The van der Waals surface area contributed by atoms with Gasteiger partial charge in [-0.1, -0.05) is 20.8 Å². The summed E-state index contributed by atoms with van der Waals surface area (Å²) in [6.45, 7) is 8.47. The largest absolute Gasteiger partial charge is 0.339 e. The van der Waals surface area contributed by atoms with Crippen molar-refractivity contribution in [1.29, 1.82) is 0 Å². The Morgan fingerprint density at radius 2 is 2.07 bits per heavy atom. The van der Waals surface area contributed by atoms with Crippen LogP contribution < -0.4 is 0 Å². The van der Waals surface area contributed by atoms with E-state index < -0.39 is 5.67 Å². The smallest absolute Gasteiger partial charge is 0.223 e. The van der Waals surface area contributed by atoms with E-state index in [-0.39, 0.29) is 17.9 Å². The van der Waals surface area contributed by atoms with Gasteiger partial charge in [0.2, 0.25) is 5.91 Å². The highest BCUT2D eigenvalue weighted by molar-refractivity contribution is 5.77. The van der Waals surface area contributed by atoms with Crippen LogP contribution in [0, 0.1) is 5.41 Å². The minimum Gasteiger partial charge on any atom is -0.339 e. The predicted molar refractivity (Wildman–Crippen MR) is 54.8 cm³/mol. The summed E-state index contributed by atoms with van der Waals surface area (Å²) in [4.78, 5) is 13.4. The molecule has 0 aromatic carbocycles. The molecule has 0 saturated carbocycles. The van der Waals surface area contributed by atoms with Crippen LogP contribution in [0.25, 0.3) is 0 Å². The molecule has 1 fully saturated rings. The summed E-state index contributed by atoms with van der Waals surface area (Å²) in [6.07, 6.45) is 0.978. The van der Waals surface area contributed by atoms with Gasteiger partial charge in [-0.2, -0.15) is 0 Å². The number of carbonyl (C=O) groups excluding carboxylic acids is 1. The van der Waals surface area contributed by atoms with Crippen molar-refractivity contribution in [1.82, 2.24) is 4.90 Å². The Kier molecular flexibility index (Phi) is 2.88. The first kappa shape index (κ1) is 11.5. The zero-order chi connectivity index (χ0) is 11.0. The Morgan fingerprint density at radius 3 is 2.43 bits per heavy atom. The lowest BCUT2D eigenvalue weighted by Crippen LogP contribution is -2.34. The van der Waals surface area contributed by atoms with Gasteiger partial charge in [0.25, 0.3) is 0 Å². The fourth-order valence-corrected chi connectivity index (χ4v) is 1.70. The van der Waals surface area contributed by atoms with Crippen LogP contribution in [0.15, 0.2) is 0 Å². The lowest BCUT2D eigenvalue weighted by atomic mass is 9.92. The second-order valence-electron chi connectivity index (χ2n) is 5.72. The van der Waals surface area contributed by atoms with Crippen LogP contribution in [0.2, 0.25) is 0 Å². The molecule has 1 heterocycles. The van der Waals surface area contributed by atoms with E-state index in [1.807, 2.05) is 20.8 Å². The van der Waals surface area contributed by atoms with Crippen molar-refractivity contribution in [2.45, 2.75) is 46.2 Å². The van der Waals surface area contributed by atoms with Gasteiger partial charge >= 0.3 is 0 Å². The molecule has 1 rings (SSSR count). The van der Waals surface area contributed by atoms with E-state index in [1.165, 1.54) is 0 Å². The Bertz CT molecular complexity index is 230. The van der Waals surface area contributed by atoms with Gasteiger partial charge in [-0.05, 0) is 12.3 Å². The van der Waals surface area contributed by atoms with Crippen molar-refractivity contribution in [3.8, 4) is 0 Å². The minimum atomic E-state index is -1.17. The Morgan fingerprint density at radius 1 is 1.50 bits per heavy atom. The topological polar surface area (TPSA) is 20.3 Å². The number of alkyl halides is 1. The molecule has 0 radical (unpaired) electrons. The number of amides is 1. The number of halogens is 1. The van der Waals surface area contributed by atoms with Crippen molar-refractivity contribution < 1.29 is 9.18 Å². The van der Waals surface area contributed by atoms with Gasteiger partial charge in [0.1, 0.15) is 5.67 Å². The lowest BCUT2D eigenvalue weighted by Gasteiger charge is -2.23. The van der Waals surface area contributed by atoms with Gasteiger partial charge in [0.15, 0.2) is 0 Å². The van der Waals surface area contributed by atoms with Crippen LogP contribution in [0.5, 0.6) is 0 Å². The average molecular weight is 201 g/mol. The Balaban J connectivity index is 2.48. The Labute approximate surface area is 85.5 Å². The van der Waals surface area contributed by atoms with Crippen LogP contribution in [0.4, 0.5) is 4.39 Å². The molecular formula is C11H20FNO. The van der Waals surface area contributed by atoms with E-state index in [2.05, 4.69) is 0 Å². The monoisotopic (exact) mass is 201 g/mol. The summed E-state index contributed by atoms with van der Waals surface area (Å²) in [6, 6.07) is 0. The molecule has 1 amide bonds. The number of carbonyl (C=O) groups is 1. The van der Waals surface area contributed by atoms with Gasteiger partial charge in [-0.25, -0.2) is 4.39 Å². The van der Waals surface area contributed by atoms with Gasteiger partial charge in [-0.3, -0.25) is 4.79 Å². The Hall–Kier alpha value is -0.600. The third kappa shape index (κ3) is 3.28. The summed E-state index contributed by atoms with van der Waals surface area (Å²) in [7, 11) is 0. The molecule has 14 heavy (non-hydrogen) atoms. The predicted octanol–water partition coefficient (Wildman–Crippen LogP) is 2.38. The van der Waals surface area contributed by atoms with Crippen molar-refractivity contribution in [2.24, 2.45) is 5.41 Å². The van der Waals surface area contributed by atoms with Crippen LogP contribution in [-0.4, -0.2) is 29.6 Å². The summed E-state index contributed by atoms with van der Waals surface area (Å²) in [5, 5.41) is 0. The highest BCUT2D eigenvalue weighted by Crippen LogP contribution is 2.27. The summed E-state index contributed by atoms with van der Waals surface area (Å²) < 4.78 is 13.5. The van der Waals surface area contributed by atoms with E-state index in [1.54, 1.807) is 11.8 Å². The number of nitrogens with zero attached hydrogens (tertiary/aromatic N) is 1. The normalized spacial score (nSPS) is 28.2. The maximum Gasteiger partial charge on any atom is 0.223 e. The summed E-state index contributed by atoms with van der Waals surface area (Å²) in [5.41, 5.74) is -1.18. The first-order chi connectivity index (χ1) is 6.20. The van der Waals surface area contributed by atoms with Crippen LogP contribution in [-0.2, 0) is 4.79 Å². The minimum absolute atomic E-state index is 0.00755. The summed E-state index contributed by atoms with van der Waals surface area (Å²) >= 11 is 0. The molecule has 0 spiro atoms. The number of hydrogen-bond acceptors (Lipinski definition) is 1. The zero-order valence-corrected chi connectivity index (χ0v) is 9.56. The number of likely N-dealkylation sites (tertiary alicyclic amines) is 1. The third-order valence-electron chi connectivity index (χ3n) is 2.46. The van der Waals surface area contributed by atoms with Gasteiger partial charge in [0, 0.05) is 19.4 Å². The molecule has 1 aliphatic heterocycles. The molecule has 82 valence electrons. The van der Waals surface area contributed by atoms with Gasteiger partial charge < -0.3 is 4.90 Å². The first-order valence-corrected chi connectivity index (χ1v) is 5.16. The molecule has 0 bridgehead atoms. The van der Waals surface area contributed by atoms with Crippen molar-refractivity contribution >= 4 is 5.91 Å². The fourth-order valence-electron chi connectivity index (χ4n) is 1.70. The van der Waals surface area contributed by atoms with E-state index in [4.69, 9.17) is 0 Å². The maximum atomic E-state index is 13.5. The van der Waals surface area contributed by atoms with E-state index in [9.17, 15) is 9.18 Å². The standard InChI is InChI=1S/C11H20FNO/c1-10(2,3)7-9(14)13-6-5-11(4,12)8-13/h5-8H2,1-4H3. The molecule has 1 aliphatic rings. The quantitative estimate of drug-likeness (QED) is 0.638. The molecule has 0 aromatic heterocycles. The molecule has 1 unspecified atom stereocenters. The van der Waals surface area contributed by atoms with Gasteiger partial charge in [-0.15, -0.1) is 0 Å². The molecule has 2 nitrogen and oxygen atoms in total.